The number of rotatable bonds is 2. The van der Waals surface area contributed by atoms with Crippen molar-refractivity contribution in [3.8, 4) is 0 Å². The molecule has 0 bridgehead atoms. The van der Waals surface area contributed by atoms with Gasteiger partial charge < -0.3 is 10.1 Å². The van der Waals surface area contributed by atoms with Gasteiger partial charge in [0.2, 0.25) is 5.91 Å². The number of aryl methyl sites for hydroxylation is 2. The number of anilines is 1. The summed E-state index contributed by atoms with van der Waals surface area (Å²) in [7, 11) is 1.33. The first kappa shape index (κ1) is 14.4. The standard InChI is InChI=1S/C15H16N4O3S/c1-22-15(21)12-11-7(6-10(20)17-13(11)19-18-12)14-16-8-4-2-3-5-9(8)23-14/h7H,2-6H2,1H3,(H2,17,18,19,20). The minimum atomic E-state index is -0.485. The zero-order valence-corrected chi connectivity index (χ0v) is 13.5. The largest absolute Gasteiger partial charge is 0.464 e. The third-order valence-corrected chi connectivity index (χ3v) is 5.62. The first-order valence-electron chi connectivity index (χ1n) is 7.62. The summed E-state index contributed by atoms with van der Waals surface area (Å²) >= 11 is 1.65. The summed E-state index contributed by atoms with van der Waals surface area (Å²) in [5.41, 5.74) is 2.12. The molecule has 4 rings (SSSR count). The van der Waals surface area contributed by atoms with E-state index in [4.69, 9.17) is 9.72 Å². The van der Waals surface area contributed by atoms with Gasteiger partial charge in [-0.2, -0.15) is 5.10 Å². The van der Waals surface area contributed by atoms with Gasteiger partial charge in [0.15, 0.2) is 5.82 Å². The third-order valence-electron chi connectivity index (χ3n) is 4.35. The molecule has 1 aliphatic carbocycles. The molecule has 0 saturated heterocycles. The first-order chi connectivity index (χ1) is 11.2. The summed E-state index contributed by atoms with van der Waals surface area (Å²) < 4.78 is 4.81. The number of carbonyl (C=O) groups excluding carboxylic acids is 2. The topological polar surface area (TPSA) is 97.0 Å². The molecule has 1 amide bonds. The second-order valence-electron chi connectivity index (χ2n) is 5.79. The number of H-pyrrole nitrogens is 1. The van der Waals surface area contributed by atoms with E-state index in [1.54, 1.807) is 11.3 Å². The van der Waals surface area contributed by atoms with Crippen LogP contribution in [-0.4, -0.2) is 34.2 Å². The second-order valence-corrected chi connectivity index (χ2v) is 6.90. The molecule has 3 heterocycles. The van der Waals surface area contributed by atoms with E-state index in [-0.39, 0.29) is 18.2 Å². The number of nitrogens with zero attached hydrogens (tertiary/aromatic N) is 2. The SMILES string of the molecule is COC(=O)c1[nH]nc2c1C(c1nc3c(s1)CCCC3)CC(=O)N2. The van der Waals surface area contributed by atoms with E-state index in [0.717, 1.165) is 30.0 Å². The fourth-order valence-corrected chi connectivity index (χ4v) is 4.51. The molecule has 0 radical (unpaired) electrons. The molecule has 8 heteroatoms. The van der Waals surface area contributed by atoms with E-state index >= 15 is 0 Å². The van der Waals surface area contributed by atoms with Crippen LogP contribution in [0.4, 0.5) is 5.82 Å². The maximum atomic E-state index is 12.0. The lowest BCUT2D eigenvalue weighted by atomic mass is 9.92. The molecule has 0 spiro atoms. The number of nitrogens with one attached hydrogen (secondary N) is 2. The lowest BCUT2D eigenvalue weighted by molar-refractivity contribution is -0.116. The summed E-state index contributed by atoms with van der Waals surface area (Å²) in [5, 5.41) is 10.3. The number of thiazole rings is 1. The summed E-state index contributed by atoms with van der Waals surface area (Å²) in [6, 6.07) is 0. The molecule has 2 aromatic rings. The predicted molar refractivity (Wildman–Crippen MR) is 83.8 cm³/mol. The Labute approximate surface area is 136 Å². The lowest BCUT2D eigenvalue weighted by Gasteiger charge is -2.20. The van der Waals surface area contributed by atoms with Crippen LogP contribution < -0.4 is 5.32 Å². The van der Waals surface area contributed by atoms with Crippen LogP contribution in [0.2, 0.25) is 0 Å². The highest BCUT2D eigenvalue weighted by Gasteiger charge is 2.36. The maximum Gasteiger partial charge on any atom is 0.356 e. The first-order valence-corrected chi connectivity index (χ1v) is 8.44. The molecule has 0 fully saturated rings. The van der Waals surface area contributed by atoms with E-state index in [1.807, 2.05) is 0 Å². The number of aromatic nitrogens is 3. The van der Waals surface area contributed by atoms with Crippen LogP contribution in [0.3, 0.4) is 0 Å². The Kier molecular flexibility index (Phi) is 3.41. The van der Waals surface area contributed by atoms with E-state index in [9.17, 15) is 9.59 Å². The highest BCUT2D eigenvalue weighted by atomic mass is 32.1. The van der Waals surface area contributed by atoms with Crippen molar-refractivity contribution in [3.05, 3.63) is 26.8 Å². The van der Waals surface area contributed by atoms with Crippen LogP contribution in [0.1, 0.15) is 56.8 Å². The van der Waals surface area contributed by atoms with Crippen LogP contribution in [0.15, 0.2) is 0 Å². The van der Waals surface area contributed by atoms with Gasteiger partial charge in [0.25, 0.3) is 0 Å². The molecule has 7 nitrogen and oxygen atoms in total. The monoisotopic (exact) mass is 332 g/mol. The molecule has 2 N–H and O–H groups in total. The van der Waals surface area contributed by atoms with Crippen molar-refractivity contribution in [2.45, 2.75) is 38.0 Å². The van der Waals surface area contributed by atoms with Gasteiger partial charge in [-0.1, -0.05) is 0 Å². The Hall–Kier alpha value is -2.22. The van der Waals surface area contributed by atoms with E-state index < -0.39 is 5.97 Å². The van der Waals surface area contributed by atoms with Gasteiger partial charge in [-0.05, 0) is 25.7 Å². The van der Waals surface area contributed by atoms with E-state index in [2.05, 4.69) is 15.5 Å². The fraction of sp³-hybridized carbons (Fsp3) is 0.467. The number of carbonyl (C=O) groups is 2. The zero-order chi connectivity index (χ0) is 16.0. The molecule has 2 aliphatic rings. The molecular weight excluding hydrogens is 316 g/mol. The molecule has 2 aromatic heterocycles. The van der Waals surface area contributed by atoms with Crippen molar-refractivity contribution < 1.29 is 14.3 Å². The van der Waals surface area contributed by atoms with Crippen molar-refractivity contribution in [2.24, 2.45) is 0 Å². The molecule has 1 atom stereocenters. The van der Waals surface area contributed by atoms with Crippen molar-refractivity contribution in [2.75, 3.05) is 12.4 Å². The van der Waals surface area contributed by atoms with Crippen LogP contribution >= 0.6 is 11.3 Å². The highest BCUT2D eigenvalue weighted by molar-refractivity contribution is 7.11. The molecule has 120 valence electrons. The Morgan fingerprint density at radius 1 is 1.35 bits per heavy atom. The van der Waals surface area contributed by atoms with Crippen LogP contribution in [-0.2, 0) is 22.4 Å². The molecule has 1 aliphatic heterocycles. The summed E-state index contributed by atoms with van der Waals surface area (Å²) in [6.45, 7) is 0. The number of ether oxygens (including phenoxy) is 1. The van der Waals surface area contributed by atoms with Gasteiger partial charge in [0, 0.05) is 16.9 Å². The van der Waals surface area contributed by atoms with Crippen LogP contribution in [0.5, 0.6) is 0 Å². The Bertz CT molecular complexity index is 771. The van der Waals surface area contributed by atoms with Gasteiger partial charge >= 0.3 is 5.97 Å². The number of hydrogen-bond donors (Lipinski definition) is 2. The normalized spacial score (nSPS) is 19.7. The summed E-state index contributed by atoms with van der Waals surface area (Å²) in [6.07, 6.45) is 4.65. The average molecular weight is 332 g/mol. The van der Waals surface area contributed by atoms with Gasteiger partial charge in [0.1, 0.15) is 10.7 Å². The minimum absolute atomic E-state index is 0.112. The zero-order valence-electron chi connectivity index (χ0n) is 12.6. The van der Waals surface area contributed by atoms with Crippen molar-refractivity contribution >= 4 is 29.0 Å². The lowest BCUT2D eigenvalue weighted by Crippen LogP contribution is -2.24. The number of methoxy groups -OCH3 is 1. The highest BCUT2D eigenvalue weighted by Crippen LogP contribution is 2.41. The summed E-state index contributed by atoms with van der Waals surface area (Å²) in [5.74, 6) is -0.443. The number of hydrogen-bond acceptors (Lipinski definition) is 6. The number of aromatic amines is 1. The average Bonchev–Trinajstić information content (AvgIpc) is 3.17. The van der Waals surface area contributed by atoms with Crippen LogP contribution in [0, 0.1) is 0 Å². The molecule has 0 saturated carbocycles. The van der Waals surface area contributed by atoms with Crippen molar-refractivity contribution in [3.63, 3.8) is 0 Å². The van der Waals surface area contributed by atoms with Crippen molar-refractivity contribution in [1.29, 1.82) is 0 Å². The molecular formula is C15H16N4O3S. The number of fused-ring (bicyclic) bond motifs is 2. The Balaban J connectivity index is 1.80. The fourth-order valence-electron chi connectivity index (χ4n) is 3.25. The third kappa shape index (κ3) is 2.33. The molecule has 0 aromatic carbocycles. The summed E-state index contributed by atoms with van der Waals surface area (Å²) in [4.78, 5) is 30.0. The van der Waals surface area contributed by atoms with Gasteiger partial charge in [-0.15, -0.1) is 11.3 Å². The quantitative estimate of drug-likeness (QED) is 0.820. The molecule has 1 unspecified atom stereocenters. The Morgan fingerprint density at radius 2 is 2.17 bits per heavy atom. The van der Waals surface area contributed by atoms with E-state index in [0.29, 0.717) is 17.1 Å². The number of esters is 1. The van der Waals surface area contributed by atoms with Crippen molar-refractivity contribution in [1.82, 2.24) is 15.2 Å². The van der Waals surface area contributed by atoms with Gasteiger partial charge in [-0.25, -0.2) is 9.78 Å². The van der Waals surface area contributed by atoms with Crippen LogP contribution in [0.25, 0.3) is 0 Å². The van der Waals surface area contributed by atoms with Gasteiger partial charge in [-0.3, -0.25) is 9.89 Å². The maximum absolute atomic E-state index is 12.0. The second kappa shape index (κ2) is 5.45. The van der Waals surface area contributed by atoms with E-state index in [1.165, 1.54) is 18.4 Å². The number of amides is 1. The smallest absolute Gasteiger partial charge is 0.356 e. The molecule has 23 heavy (non-hydrogen) atoms. The Morgan fingerprint density at radius 3 is 2.96 bits per heavy atom. The predicted octanol–water partition coefficient (Wildman–Crippen LogP) is 2.01. The van der Waals surface area contributed by atoms with Gasteiger partial charge in [0.05, 0.1) is 18.7 Å². The minimum Gasteiger partial charge on any atom is -0.464 e.